The summed E-state index contributed by atoms with van der Waals surface area (Å²) in [5, 5.41) is 8.55. The zero-order valence-electron chi connectivity index (χ0n) is 9.32. The second-order valence-corrected chi connectivity index (χ2v) is 4.05. The number of carbonyl (C=O) groups is 1. The average molecular weight is 223 g/mol. The van der Waals surface area contributed by atoms with E-state index in [2.05, 4.69) is 0 Å². The topological polar surface area (TPSA) is 51.5 Å². The third-order valence-electron chi connectivity index (χ3n) is 2.84. The minimum atomic E-state index is 0.0562. The summed E-state index contributed by atoms with van der Waals surface area (Å²) in [4.78, 5) is 11.6. The van der Waals surface area contributed by atoms with Gasteiger partial charge in [-0.05, 0) is 18.4 Å². The molecule has 0 unspecified atom stereocenters. The van der Waals surface area contributed by atoms with E-state index in [4.69, 9.17) is 9.84 Å². The van der Waals surface area contributed by atoms with Crippen LogP contribution in [-0.2, 0) is 17.7 Å². The summed E-state index contributed by atoms with van der Waals surface area (Å²) in [7, 11) is 0. The predicted molar refractivity (Wildman–Crippen MR) is 59.6 cm³/mol. The molecule has 0 saturated carbocycles. The average Bonchev–Trinajstić information content (AvgIpc) is 2.69. The van der Waals surface area contributed by atoms with E-state index in [1.54, 1.807) is 0 Å². The molecule has 0 radical (unpaired) electrons. The van der Waals surface area contributed by atoms with Gasteiger partial charge in [0.1, 0.15) is 0 Å². The van der Waals surface area contributed by atoms with Gasteiger partial charge < -0.3 is 14.4 Å². The molecule has 4 nitrogen and oxygen atoms in total. The Hall–Kier alpha value is -1.13. The first kappa shape index (κ1) is 11.4. The lowest BCUT2D eigenvalue weighted by atomic mass is 9.95. The Bertz CT molecular complexity index is 370. The lowest BCUT2D eigenvalue weighted by Gasteiger charge is -2.07. The van der Waals surface area contributed by atoms with Gasteiger partial charge in [-0.15, -0.1) is 0 Å². The Morgan fingerprint density at radius 1 is 1.31 bits per heavy atom. The monoisotopic (exact) mass is 223 g/mol. The standard InChI is InChI=1S/C12H17NO3/c14-5-7-16-6-4-13-8-10-2-1-3-12(15)11(10)9-13/h8-9,14H,1-7H2. The Morgan fingerprint density at radius 3 is 2.94 bits per heavy atom. The number of aliphatic hydroxyl groups excluding tert-OH is 1. The highest BCUT2D eigenvalue weighted by Crippen LogP contribution is 2.21. The fourth-order valence-electron chi connectivity index (χ4n) is 2.05. The molecular formula is C12H17NO3. The van der Waals surface area contributed by atoms with Gasteiger partial charge in [0.25, 0.3) is 0 Å². The van der Waals surface area contributed by atoms with Gasteiger partial charge in [-0.25, -0.2) is 0 Å². The number of carbonyl (C=O) groups excluding carboxylic acids is 1. The van der Waals surface area contributed by atoms with E-state index in [9.17, 15) is 4.79 Å². The first-order valence-electron chi connectivity index (χ1n) is 5.71. The quantitative estimate of drug-likeness (QED) is 0.758. The van der Waals surface area contributed by atoms with Crippen molar-refractivity contribution in [2.75, 3.05) is 19.8 Å². The summed E-state index contributed by atoms with van der Waals surface area (Å²) in [6.07, 6.45) is 6.61. The molecule has 0 atom stereocenters. The molecule has 88 valence electrons. The maximum Gasteiger partial charge on any atom is 0.164 e. The highest BCUT2D eigenvalue weighted by Gasteiger charge is 2.18. The molecule has 0 spiro atoms. The van der Waals surface area contributed by atoms with Crippen molar-refractivity contribution in [1.82, 2.24) is 4.57 Å². The van der Waals surface area contributed by atoms with E-state index < -0.39 is 0 Å². The molecule has 0 fully saturated rings. The third kappa shape index (κ3) is 2.51. The fraction of sp³-hybridized carbons (Fsp3) is 0.583. The van der Waals surface area contributed by atoms with E-state index in [1.807, 2.05) is 17.0 Å². The van der Waals surface area contributed by atoms with Gasteiger partial charge in [0.15, 0.2) is 5.78 Å². The predicted octanol–water partition coefficient (Wildman–Crippen LogP) is 1.02. The van der Waals surface area contributed by atoms with Crippen molar-refractivity contribution >= 4 is 5.78 Å². The summed E-state index contributed by atoms with van der Waals surface area (Å²) in [5.41, 5.74) is 2.05. The number of hydrogen-bond acceptors (Lipinski definition) is 3. The number of aromatic nitrogens is 1. The van der Waals surface area contributed by atoms with E-state index in [0.29, 0.717) is 19.6 Å². The van der Waals surface area contributed by atoms with Crippen LogP contribution in [0.5, 0.6) is 0 Å². The lowest BCUT2D eigenvalue weighted by molar-refractivity contribution is 0.0870. The summed E-state index contributed by atoms with van der Waals surface area (Å²) in [6, 6.07) is 0. The summed E-state index contributed by atoms with van der Waals surface area (Å²) < 4.78 is 7.20. The number of fused-ring (bicyclic) bond motifs is 1. The number of aliphatic hydroxyl groups is 1. The van der Waals surface area contributed by atoms with Gasteiger partial charge >= 0.3 is 0 Å². The van der Waals surface area contributed by atoms with Crippen LogP contribution >= 0.6 is 0 Å². The number of Topliss-reactive ketones (excluding diaryl/α,β-unsaturated/α-hetero) is 1. The molecule has 1 N–H and O–H groups in total. The number of ether oxygens (including phenoxy) is 1. The summed E-state index contributed by atoms with van der Waals surface area (Å²) in [5.74, 6) is 0.260. The molecule has 16 heavy (non-hydrogen) atoms. The van der Waals surface area contributed by atoms with Crippen LogP contribution in [0.25, 0.3) is 0 Å². The molecule has 0 aromatic carbocycles. The van der Waals surface area contributed by atoms with Gasteiger partial charge in [-0.3, -0.25) is 4.79 Å². The molecule has 1 aliphatic carbocycles. The maximum absolute atomic E-state index is 11.6. The highest BCUT2D eigenvalue weighted by molar-refractivity contribution is 5.98. The second-order valence-electron chi connectivity index (χ2n) is 4.05. The van der Waals surface area contributed by atoms with E-state index >= 15 is 0 Å². The normalized spacial score (nSPS) is 15.2. The van der Waals surface area contributed by atoms with Crippen molar-refractivity contribution in [3.63, 3.8) is 0 Å². The van der Waals surface area contributed by atoms with Crippen molar-refractivity contribution in [3.05, 3.63) is 23.5 Å². The molecule has 1 aliphatic rings. The third-order valence-corrected chi connectivity index (χ3v) is 2.84. The Labute approximate surface area is 94.8 Å². The minimum absolute atomic E-state index is 0.0562. The number of rotatable bonds is 5. The number of ketones is 1. The van der Waals surface area contributed by atoms with Gasteiger partial charge in [-0.1, -0.05) is 0 Å². The van der Waals surface area contributed by atoms with Crippen LogP contribution < -0.4 is 0 Å². The van der Waals surface area contributed by atoms with Gasteiger partial charge in [-0.2, -0.15) is 0 Å². The molecule has 0 aliphatic heterocycles. The van der Waals surface area contributed by atoms with Crippen LogP contribution in [0.15, 0.2) is 12.4 Å². The van der Waals surface area contributed by atoms with Crippen LogP contribution in [-0.4, -0.2) is 35.3 Å². The zero-order valence-corrected chi connectivity index (χ0v) is 9.32. The molecule has 1 heterocycles. The summed E-state index contributed by atoms with van der Waals surface area (Å²) in [6.45, 7) is 1.74. The number of nitrogens with zero attached hydrogens (tertiary/aromatic N) is 1. The molecule has 0 amide bonds. The van der Waals surface area contributed by atoms with Gasteiger partial charge in [0.2, 0.25) is 0 Å². The van der Waals surface area contributed by atoms with Crippen LogP contribution in [0.2, 0.25) is 0 Å². The van der Waals surface area contributed by atoms with E-state index in [1.165, 1.54) is 5.56 Å². The van der Waals surface area contributed by atoms with Gasteiger partial charge in [0, 0.05) is 30.9 Å². The Kier molecular flexibility index (Phi) is 3.74. The zero-order chi connectivity index (χ0) is 11.4. The van der Waals surface area contributed by atoms with E-state index in [-0.39, 0.29) is 12.4 Å². The van der Waals surface area contributed by atoms with Crippen LogP contribution in [0, 0.1) is 0 Å². The van der Waals surface area contributed by atoms with Crippen molar-refractivity contribution in [2.24, 2.45) is 0 Å². The fourth-order valence-corrected chi connectivity index (χ4v) is 2.05. The molecule has 1 aromatic heterocycles. The minimum Gasteiger partial charge on any atom is -0.394 e. The SMILES string of the molecule is O=C1CCCc2cn(CCOCCO)cc21. The van der Waals surface area contributed by atoms with Crippen LogP contribution in [0.3, 0.4) is 0 Å². The van der Waals surface area contributed by atoms with Crippen LogP contribution in [0.1, 0.15) is 28.8 Å². The summed E-state index contributed by atoms with van der Waals surface area (Å²) >= 11 is 0. The molecule has 4 heteroatoms. The maximum atomic E-state index is 11.6. The second kappa shape index (κ2) is 5.27. The smallest absolute Gasteiger partial charge is 0.164 e. The van der Waals surface area contributed by atoms with Crippen LogP contribution in [0.4, 0.5) is 0 Å². The Morgan fingerprint density at radius 2 is 2.19 bits per heavy atom. The molecular weight excluding hydrogens is 206 g/mol. The Balaban J connectivity index is 1.93. The van der Waals surface area contributed by atoms with Crippen molar-refractivity contribution in [2.45, 2.75) is 25.8 Å². The first-order valence-corrected chi connectivity index (χ1v) is 5.71. The molecule has 2 rings (SSSR count). The van der Waals surface area contributed by atoms with Crippen molar-refractivity contribution in [1.29, 1.82) is 0 Å². The van der Waals surface area contributed by atoms with Crippen molar-refractivity contribution in [3.8, 4) is 0 Å². The van der Waals surface area contributed by atoms with Gasteiger partial charge in [0.05, 0.1) is 19.8 Å². The van der Waals surface area contributed by atoms with E-state index in [0.717, 1.165) is 24.9 Å². The molecule has 1 aromatic rings. The highest BCUT2D eigenvalue weighted by atomic mass is 16.5. The first-order chi connectivity index (χ1) is 7.81. The largest absolute Gasteiger partial charge is 0.394 e. The molecule has 0 saturated heterocycles. The lowest BCUT2D eigenvalue weighted by Crippen LogP contribution is -2.07. The number of hydrogen-bond donors (Lipinski definition) is 1. The van der Waals surface area contributed by atoms with Crippen molar-refractivity contribution < 1.29 is 14.6 Å². The number of aryl methyl sites for hydroxylation is 1. The molecule has 0 bridgehead atoms.